The third-order valence-corrected chi connectivity index (χ3v) is 6.81. The van der Waals surface area contributed by atoms with Crippen LogP contribution in [0.3, 0.4) is 0 Å². The van der Waals surface area contributed by atoms with Crippen molar-refractivity contribution in [2.75, 3.05) is 20.3 Å². The number of hydrogen-bond acceptors (Lipinski definition) is 11. The van der Waals surface area contributed by atoms with Gasteiger partial charge in [-0.2, -0.15) is 0 Å². The van der Waals surface area contributed by atoms with Gasteiger partial charge in [0.05, 0.1) is 35.1 Å². The van der Waals surface area contributed by atoms with E-state index in [9.17, 15) is 14.4 Å². The summed E-state index contributed by atoms with van der Waals surface area (Å²) in [5.41, 5.74) is 11.6. The Bertz CT molecular complexity index is 1230. The molecule has 1 aromatic heterocycles. The van der Waals surface area contributed by atoms with Crippen LogP contribution in [-0.4, -0.2) is 76.0 Å². The highest BCUT2D eigenvalue weighted by Crippen LogP contribution is 2.55. The quantitative estimate of drug-likeness (QED) is 0.387. The number of carbonyl (C=O) groups excluding carboxylic acids is 3. The summed E-state index contributed by atoms with van der Waals surface area (Å²) in [5, 5.41) is 15.3. The monoisotopic (exact) mass is 465 g/mol. The number of primary amides is 1. The minimum absolute atomic E-state index is 0.0586. The van der Waals surface area contributed by atoms with Gasteiger partial charge in [0, 0.05) is 36.2 Å². The van der Waals surface area contributed by atoms with Crippen molar-refractivity contribution in [2.24, 2.45) is 17.4 Å². The van der Waals surface area contributed by atoms with Gasteiger partial charge in [-0.15, -0.1) is 10.2 Å². The van der Waals surface area contributed by atoms with E-state index in [2.05, 4.69) is 20.7 Å². The van der Waals surface area contributed by atoms with Crippen LogP contribution in [-0.2, 0) is 19.1 Å². The molecule has 0 bridgehead atoms. The number of aromatic nitrogens is 3. The number of ether oxygens (including phenoxy) is 2. The molecule has 2 saturated heterocycles. The molecule has 1 aliphatic carbocycles. The first kappa shape index (κ1) is 21.9. The minimum Gasteiger partial charge on any atom is -0.449 e. The highest BCUT2D eigenvalue weighted by molar-refractivity contribution is 6.25. The first-order chi connectivity index (χ1) is 16.3. The van der Waals surface area contributed by atoms with E-state index in [4.69, 9.17) is 20.9 Å². The summed E-state index contributed by atoms with van der Waals surface area (Å²) in [6, 6.07) is 7.85. The van der Waals surface area contributed by atoms with Crippen molar-refractivity contribution in [1.82, 2.24) is 25.6 Å². The number of carbonyl (C=O) groups is 3. The average Bonchev–Trinajstić information content (AvgIpc) is 3.46. The molecule has 2 aromatic rings. The number of nitrogens with two attached hydrogens (primary N) is 2. The molecule has 0 unspecified atom stereocenters. The molecule has 0 saturated carbocycles. The molecule has 0 spiro atoms. The van der Waals surface area contributed by atoms with Gasteiger partial charge in [-0.25, -0.2) is 4.79 Å². The summed E-state index contributed by atoms with van der Waals surface area (Å²) in [6.07, 6.45) is 0.747. The summed E-state index contributed by atoms with van der Waals surface area (Å²) in [6.45, 7) is 1.92. The van der Waals surface area contributed by atoms with Crippen LogP contribution in [0.25, 0.3) is 10.9 Å². The summed E-state index contributed by atoms with van der Waals surface area (Å²) >= 11 is 0. The largest absolute Gasteiger partial charge is 0.449 e. The predicted molar refractivity (Wildman–Crippen MR) is 117 cm³/mol. The van der Waals surface area contributed by atoms with Crippen molar-refractivity contribution >= 4 is 28.6 Å². The van der Waals surface area contributed by atoms with E-state index in [1.54, 1.807) is 6.20 Å². The van der Waals surface area contributed by atoms with Crippen LogP contribution < -0.4 is 16.8 Å². The average molecular weight is 465 g/mol. The molecule has 0 radical (unpaired) electrons. The summed E-state index contributed by atoms with van der Waals surface area (Å²) in [5.74, 6) is -1.34. The van der Waals surface area contributed by atoms with Crippen LogP contribution in [0.4, 0.5) is 4.79 Å². The van der Waals surface area contributed by atoms with Gasteiger partial charge in [-0.1, -0.05) is 18.2 Å². The molecule has 1 amide bonds. The lowest BCUT2D eigenvalue weighted by Gasteiger charge is -2.39. The Kier molecular flexibility index (Phi) is 5.06. The summed E-state index contributed by atoms with van der Waals surface area (Å²) in [4.78, 5) is 38.4. The second kappa shape index (κ2) is 7.85. The Morgan fingerprint density at radius 1 is 1.29 bits per heavy atom. The van der Waals surface area contributed by atoms with E-state index in [-0.39, 0.29) is 41.3 Å². The van der Waals surface area contributed by atoms with E-state index in [0.717, 1.165) is 10.9 Å². The number of benzene rings is 1. The number of nitrogens with one attached hydrogen (secondary N) is 1. The molecule has 12 heteroatoms. The normalized spacial score (nSPS) is 28.9. The SMILES string of the molecule is CO[C@@]12[C@H](COC(N)=O)C3=C(C(=O)C(C)=C(N)C3=O)N1C[C@@H]1N[C@@H]12.c1ccc2nnncc2c1. The maximum absolute atomic E-state index is 12.8. The van der Waals surface area contributed by atoms with Gasteiger partial charge in [0.25, 0.3) is 0 Å². The third-order valence-electron chi connectivity index (χ3n) is 6.81. The molecule has 3 aliphatic heterocycles. The smallest absolute Gasteiger partial charge is 0.404 e. The zero-order valence-corrected chi connectivity index (χ0v) is 18.5. The molecular formula is C22H23N7O5. The van der Waals surface area contributed by atoms with Crippen molar-refractivity contribution in [2.45, 2.75) is 24.7 Å². The standard InChI is InChI=1S/C15H18N4O5.C7H5N3/c1-5-9(16)12(21)8-6(4-24-14(17)22)15(23-2)13-7(18-13)3-19(15)10(8)11(5)20;1-2-4-7-6(3-1)5-8-10-9-7/h6-7,13,18H,3-4,16H2,1-2H3,(H2,17,22);1-5H/t6-,7+,13+,15-;/m1./s1. The number of nitrogens with zero attached hydrogens (tertiary/aromatic N) is 4. The van der Waals surface area contributed by atoms with Gasteiger partial charge in [0.2, 0.25) is 11.6 Å². The van der Waals surface area contributed by atoms with Crippen molar-refractivity contribution in [3.63, 3.8) is 0 Å². The van der Waals surface area contributed by atoms with Crippen molar-refractivity contribution in [3.8, 4) is 0 Å². The lowest BCUT2D eigenvalue weighted by Crippen LogP contribution is -2.55. The van der Waals surface area contributed by atoms with Crippen LogP contribution in [0.15, 0.2) is 53.0 Å². The van der Waals surface area contributed by atoms with E-state index in [1.807, 2.05) is 29.2 Å². The number of Topliss-reactive ketones (excluding diaryl/α,β-unsaturated/α-hetero) is 2. The Morgan fingerprint density at radius 2 is 2.06 bits per heavy atom. The molecule has 12 nitrogen and oxygen atoms in total. The molecular weight excluding hydrogens is 442 g/mol. The number of allylic oxidation sites excluding steroid dienone is 2. The highest BCUT2D eigenvalue weighted by Gasteiger charge is 2.72. The Hall–Kier alpha value is -3.90. The molecule has 34 heavy (non-hydrogen) atoms. The highest BCUT2D eigenvalue weighted by atomic mass is 16.6. The Balaban J connectivity index is 0.000000200. The van der Waals surface area contributed by atoms with Crippen LogP contribution in [0, 0.1) is 5.92 Å². The zero-order valence-electron chi connectivity index (χ0n) is 18.5. The van der Waals surface area contributed by atoms with Gasteiger partial charge < -0.3 is 31.2 Å². The topological polar surface area (TPSA) is 186 Å². The van der Waals surface area contributed by atoms with Crippen LogP contribution in [0.5, 0.6) is 0 Å². The minimum atomic E-state index is -0.957. The van der Waals surface area contributed by atoms with Crippen molar-refractivity contribution in [1.29, 1.82) is 0 Å². The number of methoxy groups -OCH3 is 1. The molecule has 4 atom stereocenters. The number of fused-ring (bicyclic) bond motifs is 5. The molecule has 176 valence electrons. The maximum atomic E-state index is 12.8. The molecule has 5 N–H and O–H groups in total. The lowest BCUT2D eigenvalue weighted by atomic mass is 9.82. The fourth-order valence-electron chi connectivity index (χ4n) is 5.16. The van der Waals surface area contributed by atoms with E-state index in [0.29, 0.717) is 12.2 Å². The first-order valence-corrected chi connectivity index (χ1v) is 10.6. The van der Waals surface area contributed by atoms with Gasteiger partial charge in [0.1, 0.15) is 6.61 Å². The van der Waals surface area contributed by atoms with E-state index < -0.39 is 23.5 Å². The zero-order chi connectivity index (χ0) is 24.2. The number of piperazine rings is 1. The number of rotatable bonds is 3. The van der Waals surface area contributed by atoms with Crippen molar-refractivity contribution in [3.05, 3.63) is 53.0 Å². The van der Waals surface area contributed by atoms with Crippen LogP contribution in [0.1, 0.15) is 6.92 Å². The van der Waals surface area contributed by atoms with Gasteiger partial charge in [-0.3, -0.25) is 9.59 Å². The summed E-state index contributed by atoms with van der Waals surface area (Å²) < 4.78 is 10.8. The van der Waals surface area contributed by atoms with Gasteiger partial charge in [-0.05, 0) is 18.2 Å². The Morgan fingerprint density at radius 3 is 2.76 bits per heavy atom. The fourth-order valence-corrected chi connectivity index (χ4v) is 5.16. The molecule has 4 aliphatic rings. The molecule has 4 heterocycles. The van der Waals surface area contributed by atoms with Crippen molar-refractivity contribution < 1.29 is 23.9 Å². The van der Waals surface area contributed by atoms with Crippen LogP contribution >= 0.6 is 0 Å². The number of hydrogen-bond donors (Lipinski definition) is 3. The predicted octanol–water partition coefficient (Wildman–Crippen LogP) is -0.626. The third kappa shape index (κ3) is 3.06. The van der Waals surface area contributed by atoms with E-state index >= 15 is 0 Å². The number of ketones is 2. The van der Waals surface area contributed by atoms with Gasteiger partial charge in [0.15, 0.2) is 5.72 Å². The molecule has 1 aromatic carbocycles. The second-order valence-electron chi connectivity index (χ2n) is 8.45. The molecule has 6 rings (SSSR count). The number of amides is 1. The summed E-state index contributed by atoms with van der Waals surface area (Å²) in [7, 11) is 1.52. The molecule has 2 fully saturated rings. The fraction of sp³-hybridized carbons (Fsp3) is 0.364. The van der Waals surface area contributed by atoms with E-state index in [1.165, 1.54) is 14.0 Å². The lowest BCUT2D eigenvalue weighted by molar-refractivity contribution is -0.137. The van der Waals surface area contributed by atoms with Crippen LogP contribution in [0.2, 0.25) is 0 Å². The maximum Gasteiger partial charge on any atom is 0.404 e. The Labute approximate surface area is 193 Å². The van der Waals surface area contributed by atoms with Gasteiger partial charge >= 0.3 is 6.09 Å². The first-order valence-electron chi connectivity index (χ1n) is 10.6. The second-order valence-corrected chi connectivity index (χ2v) is 8.45.